The lowest BCUT2D eigenvalue weighted by molar-refractivity contribution is 0.443. The number of rotatable bonds is 2. The normalized spacial score (nSPS) is 10.8. The van der Waals surface area contributed by atoms with Gasteiger partial charge >= 0.3 is 0 Å². The molecule has 21 heavy (non-hydrogen) atoms. The van der Waals surface area contributed by atoms with Gasteiger partial charge in [0.1, 0.15) is 5.75 Å². The molecule has 0 bridgehead atoms. The molecule has 3 nitrogen and oxygen atoms in total. The fraction of sp³-hybridized carbons (Fsp3) is 0.118. The first-order valence-electron chi connectivity index (χ1n) is 6.64. The zero-order chi connectivity index (χ0) is 15.0. The summed E-state index contributed by atoms with van der Waals surface area (Å²) >= 11 is 0. The second kappa shape index (κ2) is 5.05. The van der Waals surface area contributed by atoms with Crippen LogP contribution in [0.3, 0.4) is 0 Å². The topological polar surface area (TPSA) is 48.1 Å². The minimum atomic E-state index is -0.357. The molecule has 1 aromatic heterocycles. The van der Waals surface area contributed by atoms with E-state index in [0.717, 1.165) is 16.6 Å². The van der Waals surface area contributed by atoms with E-state index in [0.29, 0.717) is 17.0 Å². The molecule has 0 saturated heterocycles. The van der Waals surface area contributed by atoms with Gasteiger partial charge in [-0.15, -0.1) is 0 Å². The molecule has 2 aromatic carbocycles. The maximum Gasteiger partial charge on any atom is 0.168 e. The van der Waals surface area contributed by atoms with Crippen molar-refractivity contribution in [1.82, 2.24) is 4.98 Å². The van der Waals surface area contributed by atoms with Crippen LogP contribution < -0.4 is 10.5 Å². The van der Waals surface area contributed by atoms with Crippen LogP contribution in [0.5, 0.6) is 11.5 Å². The SMILES string of the molecule is Cc1cc(Oc2cccc(C)c2F)c2cc(N)ccc2n1. The largest absolute Gasteiger partial charge is 0.453 e. The Morgan fingerprint density at radius 2 is 1.86 bits per heavy atom. The Kier molecular flexibility index (Phi) is 3.22. The van der Waals surface area contributed by atoms with Crippen molar-refractivity contribution in [3.63, 3.8) is 0 Å². The summed E-state index contributed by atoms with van der Waals surface area (Å²) in [6.07, 6.45) is 0. The molecule has 0 aliphatic heterocycles. The number of nitrogen functional groups attached to an aromatic ring is 1. The van der Waals surface area contributed by atoms with Gasteiger partial charge in [0.15, 0.2) is 11.6 Å². The highest BCUT2D eigenvalue weighted by molar-refractivity contribution is 5.88. The van der Waals surface area contributed by atoms with Crippen LogP contribution in [0.25, 0.3) is 10.9 Å². The Hall–Kier alpha value is -2.62. The predicted molar refractivity (Wildman–Crippen MR) is 82.1 cm³/mol. The van der Waals surface area contributed by atoms with E-state index in [4.69, 9.17) is 10.5 Å². The fourth-order valence-electron chi connectivity index (χ4n) is 2.24. The Labute approximate surface area is 122 Å². The number of hydrogen-bond acceptors (Lipinski definition) is 3. The molecule has 4 heteroatoms. The third-order valence-corrected chi connectivity index (χ3v) is 3.30. The van der Waals surface area contributed by atoms with E-state index < -0.39 is 0 Å². The number of nitrogens with two attached hydrogens (primary N) is 1. The van der Waals surface area contributed by atoms with Gasteiger partial charge in [0.25, 0.3) is 0 Å². The quantitative estimate of drug-likeness (QED) is 0.710. The van der Waals surface area contributed by atoms with Gasteiger partial charge in [0, 0.05) is 22.8 Å². The minimum Gasteiger partial charge on any atom is -0.453 e. The van der Waals surface area contributed by atoms with E-state index in [1.54, 1.807) is 43.3 Å². The first-order chi connectivity index (χ1) is 10.0. The highest BCUT2D eigenvalue weighted by Gasteiger charge is 2.11. The maximum atomic E-state index is 14.1. The molecule has 0 fully saturated rings. The Morgan fingerprint density at radius 1 is 1.05 bits per heavy atom. The van der Waals surface area contributed by atoms with Gasteiger partial charge in [-0.25, -0.2) is 4.39 Å². The van der Waals surface area contributed by atoms with Gasteiger partial charge in [0.2, 0.25) is 0 Å². The summed E-state index contributed by atoms with van der Waals surface area (Å²) in [5.41, 5.74) is 8.55. The highest BCUT2D eigenvalue weighted by Crippen LogP contribution is 2.32. The lowest BCUT2D eigenvalue weighted by Crippen LogP contribution is -1.95. The zero-order valence-electron chi connectivity index (χ0n) is 11.9. The Bertz CT molecular complexity index is 830. The van der Waals surface area contributed by atoms with E-state index in [1.807, 2.05) is 13.0 Å². The van der Waals surface area contributed by atoms with Crippen molar-refractivity contribution in [2.24, 2.45) is 0 Å². The van der Waals surface area contributed by atoms with Crippen molar-refractivity contribution in [2.45, 2.75) is 13.8 Å². The number of fused-ring (bicyclic) bond motifs is 1. The third-order valence-electron chi connectivity index (χ3n) is 3.30. The molecule has 0 saturated carbocycles. The van der Waals surface area contributed by atoms with Crippen LogP contribution in [0.4, 0.5) is 10.1 Å². The van der Waals surface area contributed by atoms with Crippen LogP contribution >= 0.6 is 0 Å². The maximum absolute atomic E-state index is 14.1. The molecular formula is C17H15FN2O. The van der Waals surface area contributed by atoms with Gasteiger partial charge in [-0.05, 0) is 43.7 Å². The summed E-state index contributed by atoms with van der Waals surface area (Å²) in [7, 11) is 0. The molecule has 106 valence electrons. The van der Waals surface area contributed by atoms with Crippen molar-refractivity contribution in [3.05, 3.63) is 59.5 Å². The van der Waals surface area contributed by atoms with E-state index in [1.165, 1.54) is 0 Å². The number of anilines is 1. The lowest BCUT2D eigenvalue weighted by Gasteiger charge is -2.12. The van der Waals surface area contributed by atoms with Crippen molar-refractivity contribution in [3.8, 4) is 11.5 Å². The number of aromatic nitrogens is 1. The average molecular weight is 282 g/mol. The van der Waals surface area contributed by atoms with E-state index >= 15 is 0 Å². The number of ether oxygens (including phenoxy) is 1. The highest BCUT2D eigenvalue weighted by atomic mass is 19.1. The third kappa shape index (κ3) is 2.52. The molecule has 1 heterocycles. The molecule has 0 atom stereocenters. The molecule has 3 rings (SSSR count). The van der Waals surface area contributed by atoms with Crippen LogP contribution in [0.15, 0.2) is 42.5 Å². The molecule has 0 spiro atoms. The smallest absolute Gasteiger partial charge is 0.168 e. The molecule has 2 N–H and O–H groups in total. The summed E-state index contributed by atoms with van der Waals surface area (Å²) in [4.78, 5) is 4.43. The number of hydrogen-bond donors (Lipinski definition) is 1. The second-order valence-electron chi connectivity index (χ2n) is 5.03. The van der Waals surface area contributed by atoms with Gasteiger partial charge < -0.3 is 10.5 Å². The molecule has 3 aromatic rings. The monoisotopic (exact) mass is 282 g/mol. The van der Waals surface area contributed by atoms with Crippen LogP contribution in [0, 0.1) is 19.7 Å². The van der Waals surface area contributed by atoms with Crippen molar-refractivity contribution >= 4 is 16.6 Å². The van der Waals surface area contributed by atoms with Gasteiger partial charge in [-0.3, -0.25) is 4.98 Å². The number of nitrogens with zero attached hydrogens (tertiary/aromatic N) is 1. The standard InChI is InChI=1S/C17H15FN2O/c1-10-4-3-5-15(17(10)18)21-16-8-11(2)20-14-7-6-12(19)9-13(14)16/h3-9H,19H2,1-2H3. The Morgan fingerprint density at radius 3 is 2.67 bits per heavy atom. The van der Waals surface area contributed by atoms with Crippen LogP contribution in [0.2, 0.25) is 0 Å². The Balaban J connectivity index is 2.15. The summed E-state index contributed by atoms with van der Waals surface area (Å²) in [5, 5.41) is 0.765. The molecule has 0 aliphatic rings. The number of aryl methyl sites for hydroxylation is 2. The van der Waals surface area contributed by atoms with Crippen LogP contribution in [-0.2, 0) is 0 Å². The predicted octanol–water partition coefficient (Wildman–Crippen LogP) is 4.37. The number of pyridine rings is 1. The van der Waals surface area contributed by atoms with Crippen LogP contribution in [0.1, 0.15) is 11.3 Å². The average Bonchev–Trinajstić information content (AvgIpc) is 2.44. The lowest BCUT2D eigenvalue weighted by atomic mass is 10.1. The van der Waals surface area contributed by atoms with Crippen molar-refractivity contribution in [1.29, 1.82) is 0 Å². The van der Waals surface area contributed by atoms with Gasteiger partial charge in [-0.2, -0.15) is 0 Å². The number of halogens is 1. The minimum absolute atomic E-state index is 0.198. The summed E-state index contributed by atoms with van der Waals surface area (Å²) in [6.45, 7) is 3.57. The van der Waals surface area contributed by atoms with Crippen molar-refractivity contribution in [2.75, 3.05) is 5.73 Å². The molecule has 0 amide bonds. The summed E-state index contributed by atoms with van der Waals surface area (Å²) in [6, 6.07) is 12.3. The summed E-state index contributed by atoms with van der Waals surface area (Å²) < 4.78 is 19.9. The number of benzene rings is 2. The van der Waals surface area contributed by atoms with Crippen molar-refractivity contribution < 1.29 is 9.13 Å². The van der Waals surface area contributed by atoms with E-state index in [2.05, 4.69) is 4.98 Å². The molecular weight excluding hydrogens is 267 g/mol. The molecule has 0 aliphatic carbocycles. The van der Waals surface area contributed by atoms with E-state index in [9.17, 15) is 4.39 Å². The fourth-order valence-corrected chi connectivity index (χ4v) is 2.24. The van der Waals surface area contributed by atoms with E-state index in [-0.39, 0.29) is 11.6 Å². The second-order valence-corrected chi connectivity index (χ2v) is 5.03. The van der Waals surface area contributed by atoms with Gasteiger partial charge in [-0.1, -0.05) is 12.1 Å². The van der Waals surface area contributed by atoms with Gasteiger partial charge in [0.05, 0.1) is 5.52 Å². The van der Waals surface area contributed by atoms with Crippen LogP contribution in [-0.4, -0.2) is 4.98 Å². The first-order valence-corrected chi connectivity index (χ1v) is 6.64. The first kappa shape index (κ1) is 13.4. The summed E-state index contributed by atoms with van der Waals surface area (Å²) in [5.74, 6) is 0.391. The zero-order valence-corrected chi connectivity index (χ0v) is 11.9. The molecule has 0 unspecified atom stereocenters. The molecule has 0 radical (unpaired) electrons.